The van der Waals surface area contributed by atoms with Crippen LogP contribution in [-0.4, -0.2) is 34.8 Å². The molecule has 4 nitrogen and oxygen atoms in total. The van der Waals surface area contributed by atoms with Crippen molar-refractivity contribution in [1.29, 1.82) is 0 Å². The topological polar surface area (TPSA) is 40.3 Å². The lowest BCUT2D eigenvalue weighted by atomic mass is 9.86. The lowest BCUT2D eigenvalue weighted by molar-refractivity contribution is -0.137. The summed E-state index contributed by atoms with van der Waals surface area (Å²) in [6.45, 7) is 2.69. The number of methoxy groups -OCH3 is 1. The van der Waals surface area contributed by atoms with Crippen molar-refractivity contribution in [2.75, 3.05) is 19.0 Å². The second-order valence-corrected chi connectivity index (χ2v) is 9.97. The molecule has 2 aliphatic rings. The number of H-pyrrole nitrogens is 1. The molecular formula is C27H25ClF3N3OS. The van der Waals surface area contributed by atoms with E-state index in [0.29, 0.717) is 28.8 Å². The van der Waals surface area contributed by atoms with Gasteiger partial charge in [0.25, 0.3) is 0 Å². The highest BCUT2D eigenvalue weighted by atomic mass is 35.5. The van der Waals surface area contributed by atoms with Crippen LogP contribution < -0.4 is 5.32 Å². The van der Waals surface area contributed by atoms with E-state index in [9.17, 15) is 13.2 Å². The van der Waals surface area contributed by atoms with Crippen LogP contribution in [0.3, 0.4) is 0 Å². The van der Waals surface area contributed by atoms with Gasteiger partial charge in [0.2, 0.25) is 0 Å². The summed E-state index contributed by atoms with van der Waals surface area (Å²) in [5.41, 5.74) is 3.78. The summed E-state index contributed by atoms with van der Waals surface area (Å²) in [4.78, 5) is 5.60. The van der Waals surface area contributed by atoms with Gasteiger partial charge in [0, 0.05) is 46.9 Å². The Morgan fingerprint density at radius 1 is 1.22 bits per heavy atom. The minimum absolute atomic E-state index is 0.0260. The molecule has 0 bridgehead atoms. The Morgan fingerprint density at radius 2 is 2.03 bits per heavy atom. The summed E-state index contributed by atoms with van der Waals surface area (Å²) in [7, 11) is 1.69. The van der Waals surface area contributed by atoms with Crippen molar-refractivity contribution >= 4 is 45.5 Å². The van der Waals surface area contributed by atoms with Gasteiger partial charge in [-0.15, -0.1) is 0 Å². The van der Waals surface area contributed by atoms with Gasteiger partial charge in [0.05, 0.1) is 17.7 Å². The Morgan fingerprint density at radius 3 is 2.75 bits per heavy atom. The van der Waals surface area contributed by atoms with E-state index < -0.39 is 11.7 Å². The van der Waals surface area contributed by atoms with Crippen molar-refractivity contribution in [3.05, 3.63) is 88.1 Å². The first-order valence-corrected chi connectivity index (χ1v) is 12.4. The predicted octanol–water partition coefficient (Wildman–Crippen LogP) is 7.28. The lowest BCUT2D eigenvalue weighted by Crippen LogP contribution is -2.43. The SMILES string of the molecule is COC1C=CC(C2c3[nH]c4ccc(Cl)cc4c3CCN2C(=S)Nc2cccc(C(F)(F)F)c2)=CC1C. The van der Waals surface area contributed by atoms with Crippen LogP contribution in [0.4, 0.5) is 18.9 Å². The molecule has 36 heavy (non-hydrogen) atoms. The van der Waals surface area contributed by atoms with Gasteiger partial charge in [-0.25, -0.2) is 0 Å². The van der Waals surface area contributed by atoms with E-state index in [2.05, 4.69) is 23.3 Å². The van der Waals surface area contributed by atoms with Crippen molar-refractivity contribution in [3.63, 3.8) is 0 Å². The van der Waals surface area contributed by atoms with Gasteiger partial charge >= 0.3 is 6.18 Å². The van der Waals surface area contributed by atoms with Crippen LogP contribution in [-0.2, 0) is 17.3 Å². The molecule has 2 aromatic carbocycles. The second-order valence-electron chi connectivity index (χ2n) is 9.15. The molecule has 0 saturated carbocycles. The Bertz CT molecular complexity index is 1380. The molecule has 3 atom stereocenters. The second kappa shape index (κ2) is 9.57. The smallest absolute Gasteiger partial charge is 0.377 e. The molecule has 2 N–H and O–H groups in total. The lowest BCUT2D eigenvalue weighted by Gasteiger charge is -2.39. The molecule has 1 aromatic heterocycles. The maximum atomic E-state index is 13.2. The number of thiocarbonyl (C=S) groups is 1. The largest absolute Gasteiger partial charge is 0.416 e. The van der Waals surface area contributed by atoms with Gasteiger partial charge in [-0.1, -0.05) is 42.8 Å². The fourth-order valence-electron chi connectivity index (χ4n) is 5.11. The summed E-state index contributed by atoms with van der Waals surface area (Å²) >= 11 is 12.1. The normalized spacial score (nSPS) is 21.9. The third-order valence-electron chi connectivity index (χ3n) is 6.83. The Hall–Kier alpha value is -2.81. The summed E-state index contributed by atoms with van der Waals surface area (Å²) in [6, 6.07) is 10.6. The number of aromatic nitrogens is 1. The molecule has 1 aliphatic carbocycles. The van der Waals surface area contributed by atoms with Crippen LogP contribution in [0.1, 0.15) is 29.8 Å². The summed E-state index contributed by atoms with van der Waals surface area (Å²) < 4.78 is 45.3. The zero-order valence-electron chi connectivity index (χ0n) is 19.7. The van der Waals surface area contributed by atoms with E-state index in [1.165, 1.54) is 11.6 Å². The van der Waals surface area contributed by atoms with E-state index in [0.717, 1.165) is 34.3 Å². The van der Waals surface area contributed by atoms with Crippen molar-refractivity contribution in [1.82, 2.24) is 9.88 Å². The van der Waals surface area contributed by atoms with Gasteiger partial charge < -0.3 is 19.9 Å². The number of hydrogen-bond donors (Lipinski definition) is 2. The predicted molar refractivity (Wildman–Crippen MR) is 141 cm³/mol. The minimum atomic E-state index is -4.43. The number of benzene rings is 2. The average molecular weight is 532 g/mol. The number of fused-ring (bicyclic) bond motifs is 3. The number of nitrogens with zero attached hydrogens (tertiary/aromatic N) is 1. The van der Waals surface area contributed by atoms with E-state index in [4.69, 9.17) is 28.6 Å². The maximum absolute atomic E-state index is 13.2. The molecule has 0 amide bonds. The van der Waals surface area contributed by atoms with Crippen molar-refractivity contribution in [3.8, 4) is 0 Å². The summed E-state index contributed by atoms with van der Waals surface area (Å²) in [5.74, 6) is 0.144. The molecule has 0 fully saturated rings. The molecule has 0 radical (unpaired) electrons. The molecule has 188 valence electrons. The zero-order chi connectivity index (χ0) is 25.6. The third kappa shape index (κ3) is 4.65. The Kier molecular flexibility index (Phi) is 6.61. The molecule has 5 rings (SSSR count). The molecule has 0 saturated heterocycles. The number of halogens is 4. The van der Waals surface area contributed by atoms with Crippen LogP contribution in [0.2, 0.25) is 5.02 Å². The van der Waals surface area contributed by atoms with Gasteiger partial charge in [-0.3, -0.25) is 0 Å². The van der Waals surface area contributed by atoms with E-state index in [1.807, 2.05) is 35.3 Å². The number of alkyl halides is 3. The van der Waals surface area contributed by atoms with Gasteiger partial charge in [0.15, 0.2) is 5.11 Å². The quantitative estimate of drug-likeness (QED) is 0.348. The number of aromatic amines is 1. The highest BCUT2D eigenvalue weighted by Crippen LogP contribution is 2.41. The van der Waals surface area contributed by atoms with Gasteiger partial charge in [0.1, 0.15) is 0 Å². The van der Waals surface area contributed by atoms with Gasteiger partial charge in [-0.05, 0) is 66.2 Å². The highest BCUT2D eigenvalue weighted by Gasteiger charge is 2.36. The molecule has 0 spiro atoms. The van der Waals surface area contributed by atoms with Crippen LogP contribution >= 0.6 is 23.8 Å². The first kappa shape index (κ1) is 24.9. The fraction of sp³-hybridized carbons (Fsp3) is 0.296. The van der Waals surface area contributed by atoms with Crippen molar-refractivity contribution in [2.45, 2.75) is 31.7 Å². The number of rotatable bonds is 3. The summed E-state index contributed by atoms with van der Waals surface area (Å²) in [6.07, 6.45) is 2.51. The molecule has 3 unspecified atom stereocenters. The number of hydrogen-bond acceptors (Lipinski definition) is 2. The van der Waals surface area contributed by atoms with Crippen LogP contribution in [0.25, 0.3) is 10.9 Å². The molecule has 9 heteroatoms. The number of nitrogens with one attached hydrogen (secondary N) is 2. The average Bonchev–Trinajstić information content (AvgIpc) is 3.20. The van der Waals surface area contributed by atoms with Crippen LogP contribution in [0.15, 0.2) is 66.3 Å². The van der Waals surface area contributed by atoms with E-state index in [-0.39, 0.29) is 18.1 Å². The molecule has 2 heterocycles. The Labute approximate surface area is 217 Å². The molecular weight excluding hydrogens is 507 g/mol. The van der Waals surface area contributed by atoms with Crippen LogP contribution in [0.5, 0.6) is 0 Å². The molecule has 3 aromatic rings. The highest BCUT2D eigenvalue weighted by molar-refractivity contribution is 7.80. The maximum Gasteiger partial charge on any atom is 0.416 e. The Balaban J connectivity index is 1.54. The summed E-state index contributed by atoms with van der Waals surface area (Å²) in [5, 5.41) is 5.14. The fourth-order valence-corrected chi connectivity index (χ4v) is 5.59. The minimum Gasteiger partial charge on any atom is -0.377 e. The number of ether oxygens (including phenoxy) is 1. The third-order valence-corrected chi connectivity index (χ3v) is 7.40. The first-order valence-electron chi connectivity index (χ1n) is 11.6. The van der Waals surface area contributed by atoms with Gasteiger partial charge in [-0.2, -0.15) is 13.2 Å². The van der Waals surface area contributed by atoms with Crippen LogP contribution in [0, 0.1) is 5.92 Å². The monoisotopic (exact) mass is 531 g/mol. The van der Waals surface area contributed by atoms with Crippen molar-refractivity contribution < 1.29 is 17.9 Å². The standard InChI is InChI=1S/C27H25ClF3N3OS/c1-15-12-16(6-9-23(15)35-2)25-24-20(21-14-18(28)7-8-22(21)33-24)10-11-34(25)26(36)32-19-5-3-4-17(13-19)27(29,30)31/h3-9,12-15,23,25,33H,10-11H2,1-2H3,(H,32,36). The van der Waals surface area contributed by atoms with Crippen molar-refractivity contribution in [2.24, 2.45) is 5.92 Å². The van der Waals surface area contributed by atoms with E-state index >= 15 is 0 Å². The number of anilines is 1. The van der Waals surface area contributed by atoms with E-state index in [1.54, 1.807) is 13.2 Å². The molecule has 1 aliphatic heterocycles. The zero-order valence-corrected chi connectivity index (χ0v) is 21.3. The first-order chi connectivity index (χ1) is 17.2.